The third-order valence-corrected chi connectivity index (χ3v) is 10.1. The number of thiazole rings is 1. The number of amides is 3. The van der Waals surface area contributed by atoms with Gasteiger partial charge in [-0.1, -0.05) is 63.3 Å². The second kappa shape index (κ2) is 11.6. The van der Waals surface area contributed by atoms with Crippen molar-refractivity contribution in [2.75, 3.05) is 16.8 Å². The van der Waals surface area contributed by atoms with Crippen molar-refractivity contribution in [3.63, 3.8) is 0 Å². The van der Waals surface area contributed by atoms with Crippen LogP contribution in [0.1, 0.15) is 27.5 Å². The molecule has 3 atom stereocenters. The van der Waals surface area contributed by atoms with Gasteiger partial charge in [0.1, 0.15) is 11.0 Å². The Kier molecular flexibility index (Phi) is 7.92. The van der Waals surface area contributed by atoms with E-state index >= 15 is 0 Å². The number of carbonyl (C=O) groups is 3. The number of hydrogen-bond acceptors (Lipinski definition) is 7. The summed E-state index contributed by atoms with van der Waals surface area (Å²) in [6, 6.07) is 16.5. The van der Waals surface area contributed by atoms with Gasteiger partial charge >= 0.3 is 11.0 Å². The Morgan fingerprint density at radius 3 is 2.57 bits per heavy atom. The number of aromatic nitrogens is 1. The minimum atomic E-state index is -4.81. The van der Waals surface area contributed by atoms with Gasteiger partial charge in [0.2, 0.25) is 11.8 Å². The van der Waals surface area contributed by atoms with Crippen molar-refractivity contribution in [2.24, 2.45) is 5.92 Å². The Labute approximate surface area is 264 Å². The molecule has 1 saturated heterocycles. The summed E-state index contributed by atoms with van der Waals surface area (Å²) >= 11 is 5.22. The Bertz CT molecular complexity index is 1870. The molecule has 14 heteroatoms. The molecule has 1 fully saturated rings. The van der Waals surface area contributed by atoms with Crippen LogP contribution in [0.25, 0.3) is 0 Å². The number of thioether (sulfide) groups is 1. The molecule has 2 N–H and O–H groups in total. The van der Waals surface area contributed by atoms with Crippen molar-refractivity contribution in [1.29, 1.82) is 0 Å². The molecule has 3 amide bonds. The fourth-order valence-corrected chi connectivity index (χ4v) is 8.34. The molecule has 1 aromatic heterocycles. The Balaban J connectivity index is 1.39. The quantitative estimate of drug-likeness (QED) is 0.227. The minimum absolute atomic E-state index is 0.212. The van der Waals surface area contributed by atoms with Crippen LogP contribution >= 0.6 is 39.0 Å². The van der Waals surface area contributed by atoms with E-state index in [9.17, 15) is 32.3 Å². The van der Waals surface area contributed by atoms with E-state index in [1.807, 2.05) is 13.0 Å². The standard InChI is InChI=1S/C30H21BrF3N3O5S2/c1-14-5-4-6-16(11-14)35-21(38)13-42-20-10-9-15(31)12-17(20)22-23-25(43-26-24(22)44-29(41)36-26)28(40)37(27(23)39)19-8-3-2-7-18(19)30(32,33)34/h2-12,22-23,25H,13H2,1H3,(H,35,38)(H,36,41). The molecular formula is C30H21BrF3N3O5S2. The van der Waals surface area contributed by atoms with Gasteiger partial charge in [0.15, 0.2) is 6.61 Å². The summed E-state index contributed by atoms with van der Waals surface area (Å²) in [5.41, 5.74) is 0.252. The number of benzene rings is 3. The molecule has 3 unspecified atom stereocenters. The van der Waals surface area contributed by atoms with Gasteiger partial charge in [0.25, 0.3) is 5.91 Å². The zero-order valence-electron chi connectivity index (χ0n) is 22.6. The Hall–Kier alpha value is -3.88. The molecule has 3 aromatic carbocycles. The molecule has 2 aliphatic rings. The SMILES string of the molecule is Cc1cccc(NC(=O)COc2ccc(Br)cc2C2c3sc(=O)[nH]c3SC3C(=O)N(c4ccccc4C(F)(F)F)C(=O)C32)c1. The fraction of sp³-hybridized carbons (Fsp3) is 0.200. The lowest BCUT2D eigenvalue weighted by atomic mass is 9.82. The van der Waals surface area contributed by atoms with Crippen molar-refractivity contribution < 1.29 is 32.3 Å². The first-order valence-corrected chi connectivity index (χ1v) is 15.6. The third-order valence-electron chi connectivity index (χ3n) is 7.24. The van der Waals surface area contributed by atoms with E-state index in [1.54, 1.807) is 36.4 Å². The minimum Gasteiger partial charge on any atom is -0.483 e. The van der Waals surface area contributed by atoms with Crippen molar-refractivity contribution in [3.05, 3.63) is 102 Å². The number of halogens is 4. The highest BCUT2D eigenvalue weighted by atomic mass is 79.9. The molecule has 3 heterocycles. The van der Waals surface area contributed by atoms with Crippen LogP contribution in [-0.2, 0) is 20.6 Å². The van der Waals surface area contributed by atoms with E-state index in [0.29, 0.717) is 30.5 Å². The monoisotopic (exact) mass is 703 g/mol. The van der Waals surface area contributed by atoms with Crippen LogP contribution in [0.3, 0.4) is 0 Å². The van der Waals surface area contributed by atoms with Crippen LogP contribution in [0, 0.1) is 12.8 Å². The first-order valence-electron chi connectivity index (χ1n) is 13.1. The lowest BCUT2D eigenvalue weighted by Crippen LogP contribution is -2.33. The summed E-state index contributed by atoms with van der Waals surface area (Å²) in [5.74, 6) is -3.99. The van der Waals surface area contributed by atoms with Crippen LogP contribution in [0.4, 0.5) is 24.5 Å². The Morgan fingerprint density at radius 1 is 1.05 bits per heavy atom. The van der Waals surface area contributed by atoms with E-state index in [-0.39, 0.29) is 5.75 Å². The van der Waals surface area contributed by atoms with Gasteiger partial charge < -0.3 is 15.0 Å². The summed E-state index contributed by atoms with van der Waals surface area (Å²) in [7, 11) is 0. The number of aryl methyl sites for hydroxylation is 1. The van der Waals surface area contributed by atoms with Crippen LogP contribution in [0.2, 0.25) is 0 Å². The van der Waals surface area contributed by atoms with E-state index in [0.717, 1.165) is 40.8 Å². The van der Waals surface area contributed by atoms with Crippen LogP contribution in [0.15, 0.2) is 81.0 Å². The summed E-state index contributed by atoms with van der Waals surface area (Å²) in [6.45, 7) is 1.49. The van der Waals surface area contributed by atoms with Crippen LogP contribution in [0.5, 0.6) is 5.75 Å². The molecule has 6 rings (SSSR count). The topological polar surface area (TPSA) is 109 Å². The highest BCUT2D eigenvalue weighted by Crippen LogP contribution is 2.55. The van der Waals surface area contributed by atoms with E-state index in [2.05, 4.69) is 26.2 Å². The molecule has 44 heavy (non-hydrogen) atoms. The average Bonchev–Trinajstić information content (AvgIpc) is 3.45. The molecule has 2 aliphatic heterocycles. The van der Waals surface area contributed by atoms with Crippen molar-refractivity contribution in [3.8, 4) is 5.75 Å². The van der Waals surface area contributed by atoms with Gasteiger partial charge in [-0.2, -0.15) is 13.2 Å². The Morgan fingerprint density at radius 2 is 1.82 bits per heavy atom. The molecular weight excluding hydrogens is 683 g/mol. The normalized spacial score (nSPS) is 19.5. The summed E-state index contributed by atoms with van der Waals surface area (Å²) in [6.07, 6.45) is -4.81. The zero-order chi connectivity index (χ0) is 31.3. The first kappa shape index (κ1) is 30.2. The van der Waals surface area contributed by atoms with Gasteiger partial charge in [0, 0.05) is 26.5 Å². The maximum atomic E-state index is 14.0. The molecule has 0 aliphatic carbocycles. The number of hydrogen-bond donors (Lipinski definition) is 2. The van der Waals surface area contributed by atoms with Gasteiger partial charge in [0.05, 0.1) is 22.2 Å². The van der Waals surface area contributed by atoms with Crippen molar-refractivity contribution in [2.45, 2.75) is 29.3 Å². The zero-order valence-corrected chi connectivity index (χ0v) is 25.8. The lowest BCUT2D eigenvalue weighted by molar-refractivity contribution is -0.137. The molecule has 226 valence electrons. The van der Waals surface area contributed by atoms with Gasteiger partial charge in [-0.15, -0.1) is 0 Å². The van der Waals surface area contributed by atoms with E-state index in [1.165, 1.54) is 12.1 Å². The maximum absolute atomic E-state index is 14.0. The second-order valence-electron chi connectivity index (χ2n) is 10.2. The molecule has 0 bridgehead atoms. The predicted molar refractivity (Wildman–Crippen MR) is 163 cm³/mol. The predicted octanol–water partition coefficient (Wildman–Crippen LogP) is 6.34. The molecule has 8 nitrogen and oxygen atoms in total. The van der Waals surface area contributed by atoms with Gasteiger partial charge in [-0.05, 0) is 55.0 Å². The third kappa shape index (κ3) is 5.57. The molecule has 4 aromatic rings. The summed E-state index contributed by atoms with van der Waals surface area (Å²) < 4.78 is 48.3. The van der Waals surface area contributed by atoms with Crippen molar-refractivity contribution in [1.82, 2.24) is 4.98 Å². The van der Waals surface area contributed by atoms with E-state index < -0.39 is 63.7 Å². The highest BCUT2D eigenvalue weighted by molar-refractivity contribution is 9.10. The number of carbonyl (C=O) groups excluding carboxylic acids is 3. The number of aromatic amines is 1. The van der Waals surface area contributed by atoms with Crippen LogP contribution in [-0.4, -0.2) is 34.6 Å². The molecule has 0 radical (unpaired) electrons. The number of ether oxygens (including phenoxy) is 1. The number of para-hydroxylation sites is 1. The number of imide groups is 1. The number of fused-ring (bicyclic) bond motifs is 2. The average molecular weight is 705 g/mol. The van der Waals surface area contributed by atoms with Crippen LogP contribution < -0.4 is 19.8 Å². The largest absolute Gasteiger partial charge is 0.483 e. The summed E-state index contributed by atoms with van der Waals surface area (Å²) in [5, 5.41) is 1.98. The summed E-state index contributed by atoms with van der Waals surface area (Å²) in [4.78, 5) is 56.3. The number of nitrogens with one attached hydrogen (secondary N) is 2. The first-order chi connectivity index (χ1) is 20.9. The number of alkyl halides is 3. The molecule has 0 saturated carbocycles. The highest BCUT2D eigenvalue weighted by Gasteiger charge is 2.57. The number of rotatable bonds is 6. The number of H-pyrrole nitrogens is 1. The number of anilines is 2. The number of nitrogens with zero attached hydrogens (tertiary/aromatic N) is 1. The lowest BCUT2D eigenvalue weighted by Gasteiger charge is -2.31. The fourth-order valence-electron chi connectivity index (χ4n) is 5.45. The van der Waals surface area contributed by atoms with Gasteiger partial charge in [-0.3, -0.25) is 19.2 Å². The second-order valence-corrected chi connectivity index (χ2v) is 13.2. The molecule has 0 spiro atoms. The maximum Gasteiger partial charge on any atom is 0.418 e. The van der Waals surface area contributed by atoms with Crippen molar-refractivity contribution >= 4 is 68.1 Å². The smallest absolute Gasteiger partial charge is 0.418 e. The van der Waals surface area contributed by atoms with Gasteiger partial charge in [-0.25, -0.2) is 4.90 Å². The van der Waals surface area contributed by atoms with E-state index in [4.69, 9.17) is 4.74 Å².